The Morgan fingerprint density at radius 2 is 2.23 bits per heavy atom. The number of nitrogens with zero attached hydrogens (tertiary/aromatic N) is 1. The average Bonchev–Trinajstić information content (AvgIpc) is 3.07. The Bertz CT molecular complexity index is 629. The second-order valence-corrected chi connectivity index (χ2v) is 6.33. The molecule has 2 aliphatic carbocycles. The highest BCUT2D eigenvalue weighted by Gasteiger charge is 2.52. The van der Waals surface area contributed by atoms with Crippen LogP contribution >= 0.6 is 0 Å². The van der Waals surface area contributed by atoms with Crippen LogP contribution in [0.15, 0.2) is 18.2 Å². The van der Waals surface area contributed by atoms with Gasteiger partial charge < -0.3 is 14.6 Å². The monoisotopic (exact) mass is 304 g/mol. The molecule has 0 radical (unpaired) electrons. The van der Waals surface area contributed by atoms with Crippen molar-refractivity contribution in [3.8, 4) is 5.75 Å². The molecule has 0 aliphatic heterocycles. The molecule has 22 heavy (non-hydrogen) atoms. The number of benzene rings is 1. The summed E-state index contributed by atoms with van der Waals surface area (Å²) in [5.41, 5.74) is -0.700. The average molecular weight is 304 g/mol. The normalized spacial score (nSPS) is 29.5. The highest BCUT2D eigenvalue weighted by Crippen LogP contribution is 2.54. The molecule has 0 saturated heterocycles. The van der Waals surface area contributed by atoms with Crippen LogP contribution in [-0.2, 0) is 0 Å². The predicted octanol–water partition coefficient (Wildman–Crippen LogP) is 2.31. The lowest BCUT2D eigenvalue weighted by Crippen LogP contribution is -2.41. The topological polar surface area (TPSA) is 92.5 Å². The molecule has 2 bridgehead atoms. The van der Waals surface area contributed by atoms with Gasteiger partial charge >= 0.3 is 5.69 Å². The fraction of sp³-hybridized carbons (Fsp3) is 0.562. The minimum Gasteiger partial charge on any atom is -0.545 e. The number of rotatable bonds is 5. The molecule has 2 aliphatic rings. The molecule has 3 unspecified atom stereocenters. The van der Waals surface area contributed by atoms with Crippen molar-refractivity contribution in [1.29, 1.82) is 0 Å². The second-order valence-electron chi connectivity index (χ2n) is 6.33. The molecular weight excluding hydrogens is 286 g/mol. The quantitative estimate of drug-likeness (QED) is 0.614. The molecule has 3 rings (SSSR count). The first-order valence-electron chi connectivity index (χ1n) is 7.64. The van der Waals surface area contributed by atoms with E-state index in [1.54, 1.807) is 0 Å². The van der Waals surface area contributed by atoms with Gasteiger partial charge in [0.1, 0.15) is 5.60 Å². The Kier molecular flexibility index (Phi) is 3.54. The van der Waals surface area contributed by atoms with Gasteiger partial charge in [-0.15, -0.1) is 0 Å². The fourth-order valence-electron chi connectivity index (χ4n) is 4.12. The van der Waals surface area contributed by atoms with Crippen LogP contribution in [0.4, 0.5) is 5.69 Å². The van der Waals surface area contributed by atoms with Crippen LogP contribution in [0.3, 0.4) is 0 Å². The van der Waals surface area contributed by atoms with Crippen molar-refractivity contribution in [2.75, 3.05) is 0 Å². The standard InChI is InChI=1S/C16H19NO5/c1-2-16(9-10-3-5-12(16)7-10)22-14-8-11(15(18)19)4-6-13(14)17(20)21/h4,6,8,10,12H,2-3,5,7,9H2,1H3,(H,18,19)/p-1. The van der Waals surface area contributed by atoms with Gasteiger partial charge in [-0.1, -0.05) is 6.92 Å². The smallest absolute Gasteiger partial charge is 0.310 e. The molecule has 0 heterocycles. The number of carboxylic acids is 1. The van der Waals surface area contributed by atoms with Gasteiger partial charge in [0.05, 0.1) is 10.9 Å². The van der Waals surface area contributed by atoms with Crippen LogP contribution in [0, 0.1) is 22.0 Å². The van der Waals surface area contributed by atoms with Crippen LogP contribution in [-0.4, -0.2) is 16.5 Å². The second kappa shape index (κ2) is 5.26. The largest absolute Gasteiger partial charge is 0.545 e. The maximum absolute atomic E-state index is 11.2. The molecular formula is C16H18NO5-. The van der Waals surface area contributed by atoms with Crippen LogP contribution < -0.4 is 9.84 Å². The van der Waals surface area contributed by atoms with E-state index < -0.39 is 16.5 Å². The highest BCUT2D eigenvalue weighted by molar-refractivity contribution is 5.87. The number of ether oxygens (including phenoxy) is 1. The molecule has 0 amide bonds. The summed E-state index contributed by atoms with van der Waals surface area (Å²) in [6.45, 7) is 2.02. The molecule has 6 nitrogen and oxygen atoms in total. The van der Waals surface area contributed by atoms with Crippen molar-refractivity contribution in [3.05, 3.63) is 33.9 Å². The third-order valence-electron chi connectivity index (χ3n) is 5.22. The van der Waals surface area contributed by atoms with Gasteiger partial charge in [-0.25, -0.2) is 0 Å². The van der Waals surface area contributed by atoms with Gasteiger partial charge in [0, 0.05) is 11.6 Å². The number of aromatic carboxylic acids is 1. The first-order chi connectivity index (χ1) is 10.4. The van der Waals surface area contributed by atoms with Crippen molar-refractivity contribution in [1.82, 2.24) is 0 Å². The van der Waals surface area contributed by atoms with Gasteiger partial charge in [-0.05, 0) is 56.1 Å². The third-order valence-corrected chi connectivity index (χ3v) is 5.22. The Morgan fingerprint density at radius 3 is 2.73 bits per heavy atom. The number of carbonyl (C=O) groups excluding carboxylic acids is 1. The van der Waals surface area contributed by atoms with Gasteiger partial charge in [0.25, 0.3) is 0 Å². The van der Waals surface area contributed by atoms with E-state index in [-0.39, 0.29) is 17.0 Å². The van der Waals surface area contributed by atoms with Crippen molar-refractivity contribution in [3.63, 3.8) is 0 Å². The fourth-order valence-corrected chi connectivity index (χ4v) is 4.12. The number of carbonyl (C=O) groups is 1. The lowest BCUT2D eigenvalue weighted by Gasteiger charge is -2.37. The lowest BCUT2D eigenvalue weighted by atomic mass is 9.82. The summed E-state index contributed by atoms with van der Waals surface area (Å²) >= 11 is 0. The molecule has 118 valence electrons. The van der Waals surface area contributed by atoms with E-state index >= 15 is 0 Å². The SMILES string of the molecule is CCC1(Oc2cc(C(=O)[O-])ccc2[N+](=O)[O-])CC2CCC1C2. The van der Waals surface area contributed by atoms with Gasteiger partial charge in [-0.2, -0.15) is 0 Å². The molecule has 0 spiro atoms. The van der Waals surface area contributed by atoms with Crippen molar-refractivity contribution in [2.24, 2.45) is 11.8 Å². The van der Waals surface area contributed by atoms with E-state index in [1.807, 2.05) is 6.92 Å². The summed E-state index contributed by atoms with van der Waals surface area (Å²) in [6, 6.07) is 3.58. The van der Waals surface area contributed by atoms with E-state index in [1.165, 1.54) is 24.6 Å². The summed E-state index contributed by atoms with van der Waals surface area (Å²) in [6.07, 6.45) is 5.02. The molecule has 2 fully saturated rings. The zero-order chi connectivity index (χ0) is 15.9. The zero-order valence-electron chi connectivity index (χ0n) is 12.4. The van der Waals surface area contributed by atoms with Crippen LogP contribution in [0.1, 0.15) is 49.4 Å². The number of carboxylic acid groups (broad SMARTS) is 1. The number of nitro groups is 1. The predicted molar refractivity (Wildman–Crippen MR) is 76.5 cm³/mol. The van der Waals surface area contributed by atoms with Crippen LogP contribution in [0.5, 0.6) is 5.75 Å². The maximum atomic E-state index is 11.2. The van der Waals surface area contributed by atoms with Crippen molar-refractivity contribution in [2.45, 2.75) is 44.6 Å². The van der Waals surface area contributed by atoms with Crippen LogP contribution in [0.2, 0.25) is 0 Å². The van der Waals surface area contributed by atoms with E-state index in [0.29, 0.717) is 11.8 Å². The summed E-state index contributed by atoms with van der Waals surface area (Å²) < 4.78 is 6.10. The van der Waals surface area contributed by atoms with Gasteiger partial charge in [0.15, 0.2) is 5.75 Å². The molecule has 1 aromatic rings. The Labute approximate surface area is 128 Å². The minimum absolute atomic E-state index is 0.0427. The Hall–Kier alpha value is -2.11. The number of fused-ring (bicyclic) bond motifs is 2. The van der Waals surface area contributed by atoms with E-state index in [4.69, 9.17) is 4.74 Å². The Morgan fingerprint density at radius 1 is 1.45 bits per heavy atom. The van der Waals surface area contributed by atoms with Gasteiger partial charge in [0.2, 0.25) is 0 Å². The first kappa shape index (κ1) is 14.8. The summed E-state index contributed by atoms with van der Waals surface area (Å²) in [5, 5.41) is 22.2. The third kappa shape index (κ3) is 2.32. The molecule has 6 heteroatoms. The minimum atomic E-state index is -1.36. The number of nitro benzene ring substituents is 1. The van der Waals surface area contributed by atoms with Crippen LogP contribution in [0.25, 0.3) is 0 Å². The molecule has 1 aromatic carbocycles. The summed E-state index contributed by atoms with van der Waals surface area (Å²) in [4.78, 5) is 21.7. The van der Waals surface area contributed by atoms with E-state index in [2.05, 4.69) is 0 Å². The van der Waals surface area contributed by atoms with Crippen molar-refractivity contribution < 1.29 is 19.6 Å². The molecule has 0 N–H and O–H groups in total. The van der Waals surface area contributed by atoms with E-state index in [0.717, 1.165) is 25.7 Å². The lowest BCUT2D eigenvalue weighted by molar-refractivity contribution is -0.386. The highest BCUT2D eigenvalue weighted by atomic mass is 16.6. The summed E-state index contributed by atoms with van der Waals surface area (Å²) in [7, 11) is 0. The zero-order valence-corrected chi connectivity index (χ0v) is 12.4. The first-order valence-corrected chi connectivity index (χ1v) is 7.64. The number of hydrogen-bond acceptors (Lipinski definition) is 5. The van der Waals surface area contributed by atoms with E-state index in [9.17, 15) is 20.0 Å². The number of hydrogen-bond donors (Lipinski definition) is 0. The Balaban J connectivity index is 1.97. The summed E-state index contributed by atoms with van der Waals surface area (Å²) in [5.74, 6) is -0.304. The molecule has 0 aromatic heterocycles. The molecule has 3 atom stereocenters. The van der Waals surface area contributed by atoms with Gasteiger partial charge in [-0.3, -0.25) is 10.1 Å². The maximum Gasteiger partial charge on any atom is 0.310 e. The molecule has 2 saturated carbocycles. The van der Waals surface area contributed by atoms with Crippen molar-refractivity contribution >= 4 is 11.7 Å².